The Morgan fingerprint density at radius 3 is 2.79 bits per heavy atom. The fourth-order valence-electron chi connectivity index (χ4n) is 1.72. The van der Waals surface area contributed by atoms with Crippen LogP contribution < -0.4 is 5.32 Å². The quantitative estimate of drug-likeness (QED) is 0.848. The molecule has 19 heavy (non-hydrogen) atoms. The Labute approximate surface area is 116 Å². The second-order valence-electron chi connectivity index (χ2n) is 5.00. The van der Waals surface area contributed by atoms with Gasteiger partial charge in [0.15, 0.2) is 0 Å². The van der Waals surface area contributed by atoms with Gasteiger partial charge < -0.3 is 10.4 Å². The van der Waals surface area contributed by atoms with Gasteiger partial charge in [0, 0.05) is 11.9 Å². The lowest BCUT2D eigenvalue weighted by Crippen LogP contribution is -2.38. The van der Waals surface area contributed by atoms with Gasteiger partial charge in [-0.1, -0.05) is 29.8 Å². The number of carbonyl (C=O) groups is 1. The highest BCUT2D eigenvalue weighted by Crippen LogP contribution is 2.20. The molecule has 0 atom stereocenters. The molecule has 0 fully saturated rings. The zero-order chi connectivity index (χ0) is 14.0. The molecule has 5 heteroatoms. The highest BCUT2D eigenvalue weighted by molar-refractivity contribution is 6.30. The first-order valence-corrected chi connectivity index (χ1v) is 6.30. The van der Waals surface area contributed by atoms with E-state index in [-0.39, 0.29) is 17.6 Å². The van der Waals surface area contributed by atoms with Crippen LogP contribution >= 0.6 is 11.6 Å². The van der Waals surface area contributed by atoms with E-state index in [1.165, 1.54) is 6.07 Å². The number of amides is 1. The van der Waals surface area contributed by atoms with E-state index < -0.39 is 5.60 Å². The molecule has 1 amide bonds. The molecule has 1 aromatic carbocycles. The zero-order valence-electron chi connectivity index (χ0n) is 10.8. The Morgan fingerprint density at radius 1 is 1.42 bits per heavy atom. The van der Waals surface area contributed by atoms with Crippen molar-refractivity contribution in [1.29, 1.82) is 0 Å². The van der Waals surface area contributed by atoms with Gasteiger partial charge in [0.25, 0.3) is 5.91 Å². The van der Waals surface area contributed by atoms with E-state index in [4.69, 9.17) is 11.6 Å². The maximum absolute atomic E-state index is 12.1. The molecule has 0 saturated heterocycles. The summed E-state index contributed by atoms with van der Waals surface area (Å²) in [4.78, 5) is 16.3. The smallest absolute Gasteiger partial charge is 0.252 e. The number of carbonyl (C=O) groups excluding carboxylic acids is 1. The molecule has 2 N–H and O–H groups in total. The van der Waals surface area contributed by atoms with Gasteiger partial charge in [-0.05, 0) is 26.0 Å². The number of hydrogen-bond acceptors (Lipinski definition) is 3. The van der Waals surface area contributed by atoms with Crippen LogP contribution in [0.1, 0.15) is 24.2 Å². The number of benzene rings is 1. The molecule has 0 unspecified atom stereocenters. The highest BCUT2D eigenvalue weighted by Gasteiger charge is 2.17. The largest absolute Gasteiger partial charge is 0.389 e. The SMILES string of the molecule is CC(C)(O)CNC(=O)c1cc(Cl)nc2ccccc12. The average molecular weight is 279 g/mol. The molecular weight excluding hydrogens is 264 g/mol. The van der Waals surface area contributed by atoms with Crippen LogP contribution in [0.15, 0.2) is 30.3 Å². The maximum Gasteiger partial charge on any atom is 0.252 e. The third kappa shape index (κ3) is 3.43. The van der Waals surface area contributed by atoms with Gasteiger partial charge in [-0.25, -0.2) is 4.98 Å². The van der Waals surface area contributed by atoms with Gasteiger partial charge in [-0.3, -0.25) is 4.79 Å². The third-order valence-corrected chi connectivity index (χ3v) is 2.80. The molecule has 0 aliphatic heterocycles. The minimum Gasteiger partial charge on any atom is -0.389 e. The van der Waals surface area contributed by atoms with Crippen molar-refractivity contribution in [1.82, 2.24) is 10.3 Å². The number of nitrogens with zero attached hydrogens (tertiary/aromatic N) is 1. The van der Waals surface area contributed by atoms with Crippen LogP contribution in [-0.2, 0) is 0 Å². The van der Waals surface area contributed by atoms with Crippen molar-refractivity contribution in [2.75, 3.05) is 6.54 Å². The summed E-state index contributed by atoms with van der Waals surface area (Å²) in [5.74, 6) is -0.275. The summed E-state index contributed by atoms with van der Waals surface area (Å²) in [6, 6.07) is 8.82. The average Bonchev–Trinajstić information content (AvgIpc) is 2.34. The third-order valence-electron chi connectivity index (χ3n) is 2.61. The van der Waals surface area contributed by atoms with Gasteiger partial charge in [-0.15, -0.1) is 0 Å². The minimum atomic E-state index is -0.956. The predicted molar refractivity (Wildman–Crippen MR) is 75.4 cm³/mol. The van der Waals surface area contributed by atoms with Crippen molar-refractivity contribution in [3.05, 3.63) is 41.0 Å². The first-order valence-electron chi connectivity index (χ1n) is 5.93. The summed E-state index contributed by atoms with van der Waals surface area (Å²) in [5.41, 5.74) is 0.172. The van der Waals surface area contributed by atoms with Crippen LogP contribution in [0, 0.1) is 0 Å². The first-order chi connectivity index (χ1) is 8.87. The Kier molecular flexibility index (Phi) is 3.73. The van der Waals surface area contributed by atoms with Gasteiger partial charge in [0.1, 0.15) is 5.15 Å². The summed E-state index contributed by atoms with van der Waals surface area (Å²) >= 11 is 5.92. The molecule has 0 bridgehead atoms. The number of aliphatic hydroxyl groups is 1. The minimum absolute atomic E-state index is 0.167. The van der Waals surface area contributed by atoms with Crippen molar-refractivity contribution < 1.29 is 9.90 Å². The van der Waals surface area contributed by atoms with Crippen molar-refractivity contribution >= 4 is 28.4 Å². The number of hydrogen-bond donors (Lipinski definition) is 2. The Balaban J connectivity index is 2.36. The number of rotatable bonds is 3. The number of aromatic nitrogens is 1. The summed E-state index contributed by atoms with van der Waals surface area (Å²) in [6.07, 6.45) is 0. The number of halogens is 1. The number of pyridine rings is 1. The van der Waals surface area contributed by atoms with Gasteiger partial charge >= 0.3 is 0 Å². The van der Waals surface area contributed by atoms with E-state index in [2.05, 4.69) is 10.3 Å². The van der Waals surface area contributed by atoms with Crippen LogP contribution in [0.3, 0.4) is 0 Å². The summed E-state index contributed by atoms with van der Waals surface area (Å²) in [6.45, 7) is 3.43. The van der Waals surface area contributed by atoms with Crippen molar-refractivity contribution in [2.24, 2.45) is 0 Å². The van der Waals surface area contributed by atoms with Crippen LogP contribution in [0.5, 0.6) is 0 Å². The van der Waals surface area contributed by atoms with E-state index >= 15 is 0 Å². The molecular formula is C14H15ClN2O2. The number of para-hydroxylation sites is 1. The van der Waals surface area contributed by atoms with Crippen LogP contribution in [-0.4, -0.2) is 28.1 Å². The summed E-state index contributed by atoms with van der Waals surface area (Å²) in [7, 11) is 0. The monoisotopic (exact) mass is 278 g/mol. The maximum atomic E-state index is 12.1. The molecule has 2 aromatic rings. The topological polar surface area (TPSA) is 62.2 Å². The van der Waals surface area contributed by atoms with Crippen LogP contribution in [0.4, 0.5) is 0 Å². The van der Waals surface area contributed by atoms with Gasteiger partial charge in [0.2, 0.25) is 0 Å². The molecule has 1 heterocycles. The molecule has 0 radical (unpaired) electrons. The second-order valence-corrected chi connectivity index (χ2v) is 5.39. The van der Waals surface area contributed by atoms with E-state index in [1.807, 2.05) is 18.2 Å². The van der Waals surface area contributed by atoms with Crippen molar-refractivity contribution in [3.8, 4) is 0 Å². The second kappa shape index (κ2) is 5.15. The normalized spacial score (nSPS) is 11.6. The van der Waals surface area contributed by atoms with Gasteiger partial charge in [-0.2, -0.15) is 0 Å². The fraction of sp³-hybridized carbons (Fsp3) is 0.286. The summed E-state index contributed by atoms with van der Waals surface area (Å²) < 4.78 is 0. The Bertz CT molecular complexity index is 620. The van der Waals surface area contributed by atoms with Gasteiger partial charge in [0.05, 0.1) is 16.7 Å². The highest BCUT2D eigenvalue weighted by atomic mass is 35.5. The number of fused-ring (bicyclic) bond motifs is 1. The molecule has 0 saturated carbocycles. The van der Waals surface area contributed by atoms with Crippen molar-refractivity contribution in [2.45, 2.75) is 19.4 Å². The lowest BCUT2D eigenvalue weighted by atomic mass is 10.1. The molecule has 4 nitrogen and oxygen atoms in total. The molecule has 100 valence electrons. The molecule has 0 aliphatic rings. The molecule has 0 aliphatic carbocycles. The lowest BCUT2D eigenvalue weighted by molar-refractivity contribution is 0.0695. The van der Waals surface area contributed by atoms with Crippen LogP contribution in [0.25, 0.3) is 10.9 Å². The molecule has 2 rings (SSSR count). The van der Waals surface area contributed by atoms with E-state index in [1.54, 1.807) is 19.9 Å². The predicted octanol–water partition coefficient (Wildman–Crippen LogP) is 2.39. The van der Waals surface area contributed by atoms with E-state index in [0.29, 0.717) is 11.1 Å². The first kappa shape index (κ1) is 13.8. The summed E-state index contributed by atoms with van der Waals surface area (Å²) in [5, 5.41) is 13.3. The molecule has 0 spiro atoms. The number of nitrogens with one attached hydrogen (secondary N) is 1. The van der Waals surface area contributed by atoms with Crippen molar-refractivity contribution in [3.63, 3.8) is 0 Å². The van der Waals surface area contributed by atoms with E-state index in [9.17, 15) is 9.90 Å². The lowest BCUT2D eigenvalue weighted by Gasteiger charge is -2.18. The Hall–Kier alpha value is -1.65. The standard InChI is InChI=1S/C14H15ClN2O2/c1-14(2,19)8-16-13(18)10-7-12(15)17-11-6-4-3-5-9(10)11/h3-7,19H,8H2,1-2H3,(H,16,18). The fourth-order valence-corrected chi connectivity index (χ4v) is 1.92. The molecule has 1 aromatic heterocycles. The van der Waals surface area contributed by atoms with Crippen LogP contribution in [0.2, 0.25) is 5.15 Å². The Morgan fingerprint density at radius 2 is 2.11 bits per heavy atom. The zero-order valence-corrected chi connectivity index (χ0v) is 11.5. The van der Waals surface area contributed by atoms with E-state index in [0.717, 1.165) is 5.39 Å².